The van der Waals surface area contributed by atoms with E-state index in [1.165, 1.54) is 0 Å². The quantitative estimate of drug-likeness (QED) is 0.803. The van der Waals surface area contributed by atoms with Crippen LogP contribution < -0.4 is 5.32 Å². The second-order valence-electron chi connectivity index (χ2n) is 5.62. The summed E-state index contributed by atoms with van der Waals surface area (Å²) in [6.45, 7) is 2.62. The van der Waals surface area contributed by atoms with Crippen molar-refractivity contribution >= 4 is 17.4 Å². The summed E-state index contributed by atoms with van der Waals surface area (Å²) in [4.78, 5) is 22.3. The van der Waals surface area contributed by atoms with E-state index in [1.54, 1.807) is 37.3 Å². The number of carbonyl (C=O) groups is 1. The van der Waals surface area contributed by atoms with Gasteiger partial charge in [-0.15, -0.1) is 0 Å². The Morgan fingerprint density at radius 3 is 2.91 bits per heavy atom. The molecule has 118 valence electrons. The Morgan fingerprint density at radius 2 is 2.13 bits per heavy atom. The fourth-order valence-corrected chi connectivity index (χ4v) is 2.43. The Bertz CT molecular complexity index is 853. The molecule has 0 saturated carbocycles. The van der Waals surface area contributed by atoms with Crippen molar-refractivity contribution < 1.29 is 4.79 Å². The predicted molar refractivity (Wildman–Crippen MR) is 89.5 cm³/mol. The van der Waals surface area contributed by atoms with Crippen molar-refractivity contribution in [3.8, 4) is 0 Å². The van der Waals surface area contributed by atoms with E-state index in [1.807, 2.05) is 31.5 Å². The van der Waals surface area contributed by atoms with Gasteiger partial charge in [0.1, 0.15) is 11.5 Å². The van der Waals surface area contributed by atoms with E-state index in [2.05, 4.69) is 19.7 Å². The van der Waals surface area contributed by atoms with E-state index in [9.17, 15) is 4.79 Å². The summed E-state index contributed by atoms with van der Waals surface area (Å²) in [6.07, 6.45) is 5.48. The lowest BCUT2D eigenvalue weighted by atomic mass is 10.2. The summed E-state index contributed by atoms with van der Waals surface area (Å²) in [5, 5.41) is 3.25. The third-order valence-electron chi connectivity index (χ3n) is 3.67. The summed E-state index contributed by atoms with van der Waals surface area (Å²) in [5.41, 5.74) is 3.74. The summed E-state index contributed by atoms with van der Waals surface area (Å²) in [6, 6.07) is 7.52. The molecular weight excluding hydrogens is 290 g/mol. The van der Waals surface area contributed by atoms with E-state index >= 15 is 0 Å². The van der Waals surface area contributed by atoms with Crippen molar-refractivity contribution in [3.05, 3.63) is 59.7 Å². The van der Waals surface area contributed by atoms with Gasteiger partial charge in [-0.05, 0) is 30.7 Å². The number of imidazole rings is 1. The van der Waals surface area contributed by atoms with E-state index in [0.717, 1.165) is 16.9 Å². The number of hydrogen-bond donors (Lipinski definition) is 1. The van der Waals surface area contributed by atoms with Gasteiger partial charge in [0, 0.05) is 32.1 Å². The van der Waals surface area contributed by atoms with Crippen molar-refractivity contribution in [1.82, 2.24) is 19.3 Å². The average Bonchev–Trinajstić information content (AvgIpc) is 2.97. The van der Waals surface area contributed by atoms with Crippen molar-refractivity contribution in [3.63, 3.8) is 0 Å². The van der Waals surface area contributed by atoms with Gasteiger partial charge in [0.15, 0.2) is 0 Å². The molecule has 0 spiro atoms. The number of carbonyl (C=O) groups excluding carboxylic acids is 1. The van der Waals surface area contributed by atoms with Gasteiger partial charge >= 0.3 is 0 Å². The summed E-state index contributed by atoms with van der Waals surface area (Å²) in [7, 11) is 3.47. The Hall–Kier alpha value is -2.89. The van der Waals surface area contributed by atoms with Gasteiger partial charge in [-0.3, -0.25) is 4.79 Å². The Labute approximate surface area is 134 Å². The molecule has 6 heteroatoms. The van der Waals surface area contributed by atoms with E-state index < -0.39 is 0 Å². The van der Waals surface area contributed by atoms with Crippen LogP contribution in [0.4, 0.5) is 5.82 Å². The molecule has 1 amide bonds. The molecule has 0 bridgehead atoms. The molecule has 23 heavy (non-hydrogen) atoms. The Kier molecular flexibility index (Phi) is 3.97. The van der Waals surface area contributed by atoms with Crippen molar-refractivity contribution in [2.24, 2.45) is 0 Å². The summed E-state index contributed by atoms with van der Waals surface area (Å²) < 4.78 is 2.05. The van der Waals surface area contributed by atoms with Crippen molar-refractivity contribution in [2.45, 2.75) is 13.5 Å². The SMILES string of the molecule is Cc1cccn2c(CNc3cc(C(=O)N(C)C)ccn3)cnc12. The number of rotatable bonds is 4. The maximum Gasteiger partial charge on any atom is 0.253 e. The maximum atomic E-state index is 12.0. The molecule has 3 rings (SSSR count). The minimum Gasteiger partial charge on any atom is -0.364 e. The van der Waals surface area contributed by atoms with Gasteiger partial charge in [-0.1, -0.05) is 6.07 Å². The highest BCUT2D eigenvalue weighted by Gasteiger charge is 2.09. The molecule has 1 N–H and O–H groups in total. The molecule has 3 aromatic rings. The smallest absolute Gasteiger partial charge is 0.253 e. The Balaban J connectivity index is 1.79. The first-order chi connectivity index (χ1) is 11.1. The molecule has 0 radical (unpaired) electrons. The minimum absolute atomic E-state index is 0.0409. The van der Waals surface area contributed by atoms with E-state index in [4.69, 9.17) is 0 Å². The van der Waals surface area contributed by atoms with Crippen molar-refractivity contribution in [1.29, 1.82) is 0 Å². The van der Waals surface area contributed by atoms with Gasteiger partial charge in [0.2, 0.25) is 0 Å². The van der Waals surface area contributed by atoms with Gasteiger partial charge in [-0.25, -0.2) is 9.97 Å². The lowest BCUT2D eigenvalue weighted by Crippen LogP contribution is -2.21. The zero-order chi connectivity index (χ0) is 16.4. The molecule has 6 nitrogen and oxygen atoms in total. The molecule has 0 fully saturated rings. The topological polar surface area (TPSA) is 62.5 Å². The molecular formula is C17H19N5O. The highest BCUT2D eigenvalue weighted by Crippen LogP contribution is 2.13. The molecule has 3 aromatic heterocycles. The number of fused-ring (bicyclic) bond motifs is 1. The van der Waals surface area contributed by atoms with Crippen LogP contribution in [-0.2, 0) is 6.54 Å². The minimum atomic E-state index is -0.0409. The standard InChI is InChI=1S/C17H19N5O/c1-12-5-4-8-22-14(11-20-16(12)22)10-19-15-9-13(6-7-18-15)17(23)21(2)3/h4-9,11H,10H2,1-3H3,(H,18,19). The first-order valence-corrected chi connectivity index (χ1v) is 7.39. The number of hydrogen-bond acceptors (Lipinski definition) is 4. The summed E-state index contributed by atoms with van der Waals surface area (Å²) in [5.74, 6) is 0.626. The van der Waals surface area contributed by atoms with Crippen LogP contribution in [-0.4, -0.2) is 39.3 Å². The van der Waals surface area contributed by atoms with Crippen LogP contribution in [0.1, 0.15) is 21.6 Å². The third-order valence-corrected chi connectivity index (χ3v) is 3.67. The van der Waals surface area contributed by atoms with E-state index in [0.29, 0.717) is 17.9 Å². The molecule has 3 heterocycles. The van der Waals surface area contributed by atoms with Crippen LogP contribution in [0.15, 0.2) is 42.9 Å². The van der Waals surface area contributed by atoms with Gasteiger partial charge < -0.3 is 14.6 Å². The van der Waals surface area contributed by atoms with Crippen LogP contribution in [0, 0.1) is 6.92 Å². The second kappa shape index (κ2) is 6.08. The highest BCUT2D eigenvalue weighted by atomic mass is 16.2. The fraction of sp³-hybridized carbons (Fsp3) is 0.235. The monoisotopic (exact) mass is 309 g/mol. The zero-order valence-electron chi connectivity index (χ0n) is 13.4. The number of nitrogens with one attached hydrogen (secondary N) is 1. The van der Waals surface area contributed by atoms with Gasteiger partial charge in [0.25, 0.3) is 5.91 Å². The van der Waals surface area contributed by atoms with Crippen molar-refractivity contribution in [2.75, 3.05) is 19.4 Å². The number of pyridine rings is 2. The fourth-order valence-electron chi connectivity index (χ4n) is 2.43. The third kappa shape index (κ3) is 3.01. The van der Waals surface area contributed by atoms with E-state index in [-0.39, 0.29) is 5.91 Å². The normalized spacial score (nSPS) is 10.7. The summed E-state index contributed by atoms with van der Waals surface area (Å²) >= 11 is 0. The first kappa shape index (κ1) is 15.0. The molecule has 0 aromatic carbocycles. The average molecular weight is 309 g/mol. The molecule has 0 unspecified atom stereocenters. The largest absolute Gasteiger partial charge is 0.364 e. The number of anilines is 1. The first-order valence-electron chi connectivity index (χ1n) is 7.39. The van der Waals surface area contributed by atoms with Crippen LogP contribution >= 0.6 is 0 Å². The number of amides is 1. The van der Waals surface area contributed by atoms with Crippen LogP contribution in [0.3, 0.4) is 0 Å². The molecule has 0 aliphatic heterocycles. The molecule has 0 aliphatic carbocycles. The van der Waals surface area contributed by atoms with Crippen LogP contribution in [0.25, 0.3) is 5.65 Å². The van der Waals surface area contributed by atoms with Crippen LogP contribution in [0.2, 0.25) is 0 Å². The number of aromatic nitrogens is 3. The predicted octanol–water partition coefficient (Wildman–Crippen LogP) is 2.35. The highest BCUT2D eigenvalue weighted by molar-refractivity contribution is 5.94. The second-order valence-corrected chi connectivity index (χ2v) is 5.62. The molecule has 0 atom stereocenters. The lowest BCUT2D eigenvalue weighted by molar-refractivity contribution is 0.0827. The zero-order valence-corrected chi connectivity index (χ0v) is 13.4. The van der Waals surface area contributed by atoms with Gasteiger partial charge in [0.05, 0.1) is 18.4 Å². The molecule has 0 saturated heterocycles. The number of aryl methyl sites for hydroxylation is 1. The molecule has 0 aliphatic rings. The van der Waals surface area contributed by atoms with Gasteiger partial charge in [-0.2, -0.15) is 0 Å². The lowest BCUT2D eigenvalue weighted by Gasteiger charge is -2.11. The number of nitrogens with zero attached hydrogens (tertiary/aromatic N) is 4. The Morgan fingerprint density at radius 1 is 1.30 bits per heavy atom. The maximum absolute atomic E-state index is 12.0. The van der Waals surface area contributed by atoms with Crippen LogP contribution in [0.5, 0.6) is 0 Å².